The molecule has 0 aliphatic rings. The highest BCUT2D eigenvalue weighted by Gasteiger charge is 2.17. The lowest BCUT2D eigenvalue weighted by molar-refractivity contribution is -0.140. The molecular weight excluding hydrogens is 274 g/mol. The van der Waals surface area contributed by atoms with Gasteiger partial charge >= 0.3 is 5.97 Å². The van der Waals surface area contributed by atoms with Crippen molar-refractivity contribution in [3.8, 4) is 0 Å². The largest absolute Gasteiger partial charge is 0.481 e. The molecule has 0 saturated heterocycles. The van der Waals surface area contributed by atoms with Crippen LogP contribution in [-0.4, -0.2) is 24.2 Å². The first-order valence-corrected chi connectivity index (χ1v) is 8.65. The van der Waals surface area contributed by atoms with E-state index < -0.39 is 5.97 Å². The molecule has 22 heavy (non-hydrogen) atoms. The number of hydrogen-bond acceptors (Lipinski definition) is 2. The third kappa shape index (κ3) is 6.08. The summed E-state index contributed by atoms with van der Waals surface area (Å²) in [6, 6.07) is 8.37. The summed E-state index contributed by atoms with van der Waals surface area (Å²) in [6.07, 6.45) is 7.14. The van der Waals surface area contributed by atoms with E-state index in [1.54, 1.807) is 6.92 Å². The predicted molar refractivity (Wildman–Crippen MR) is 93.6 cm³/mol. The van der Waals surface area contributed by atoms with Crippen molar-refractivity contribution in [2.45, 2.75) is 59.3 Å². The molecule has 124 valence electrons. The fraction of sp³-hybridized carbons (Fsp3) is 0.632. The molecule has 1 unspecified atom stereocenters. The lowest BCUT2D eigenvalue weighted by atomic mass is 10.1. The van der Waals surface area contributed by atoms with Crippen molar-refractivity contribution in [3.05, 3.63) is 29.8 Å². The van der Waals surface area contributed by atoms with Gasteiger partial charge in [-0.05, 0) is 24.5 Å². The second-order valence-corrected chi connectivity index (χ2v) is 6.08. The predicted octanol–water partition coefficient (Wildman–Crippen LogP) is 4.75. The number of unbranched alkanes of at least 4 members (excludes halogenated alkanes) is 4. The maximum Gasteiger partial charge on any atom is 0.308 e. The number of aliphatic carboxylic acids is 1. The average molecular weight is 305 g/mol. The Labute approximate surface area is 135 Å². The van der Waals surface area contributed by atoms with E-state index in [4.69, 9.17) is 0 Å². The summed E-state index contributed by atoms with van der Waals surface area (Å²) in [5, 5.41) is 9.22. The fourth-order valence-electron chi connectivity index (χ4n) is 2.74. The number of hydrogen-bond donors (Lipinski definition) is 1. The topological polar surface area (TPSA) is 40.5 Å². The highest BCUT2D eigenvalue weighted by molar-refractivity contribution is 5.70. The van der Waals surface area contributed by atoms with Crippen molar-refractivity contribution >= 4 is 11.7 Å². The standard InChI is InChI=1S/C19H31NO2/c1-4-6-7-8-11-14-20(15-16(3)19(21)22)18-13-10-9-12-17(18)5-2/h9-10,12-13,16H,4-8,11,14-15H2,1-3H3,(H,21,22). The van der Waals surface area contributed by atoms with Gasteiger partial charge in [-0.25, -0.2) is 0 Å². The van der Waals surface area contributed by atoms with Crippen molar-refractivity contribution in [3.63, 3.8) is 0 Å². The van der Waals surface area contributed by atoms with Gasteiger partial charge in [-0.2, -0.15) is 0 Å². The Kier molecular flexibility index (Phi) is 8.64. The molecule has 0 radical (unpaired) electrons. The third-order valence-corrected chi connectivity index (χ3v) is 4.16. The Hall–Kier alpha value is -1.51. The minimum atomic E-state index is -0.718. The molecule has 3 heteroatoms. The number of para-hydroxylation sites is 1. The van der Waals surface area contributed by atoms with E-state index in [2.05, 4.69) is 36.9 Å². The van der Waals surface area contributed by atoms with E-state index in [1.807, 2.05) is 6.07 Å². The van der Waals surface area contributed by atoms with Gasteiger partial charge in [-0.3, -0.25) is 4.79 Å². The molecule has 0 spiro atoms. The Morgan fingerprint density at radius 1 is 1.14 bits per heavy atom. The molecule has 0 aliphatic carbocycles. The SMILES string of the molecule is CCCCCCCN(CC(C)C(=O)O)c1ccccc1CC. The van der Waals surface area contributed by atoms with Gasteiger partial charge in [-0.15, -0.1) is 0 Å². The molecule has 0 heterocycles. The Morgan fingerprint density at radius 2 is 1.82 bits per heavy atom. The van der Waals surface area contributed by atoms with Crippen LogP contribution in [0.25, 0.3) is 0 Å². The summed E-state index contributed by atoms with van der Waals surface area (Å²) >= 11 is 0. The van der Waals surface area contributed by atoms with E-state index >= 15 is 0 Å². The van der Waals surface area contributed by atoms with E-state index in [-0.39, 0.29) is 5.92 Å². The molecule has 1 rings (SSSR count). The summed E-state index contributed by atoms with van der Waals surface area (Å²) in [4.78, 5) is 13.5. The van der Waals surface area contributed by atoms with Gasteiger partial charge in [0.25, 0.3) is 0 Å². The van der Waals surface area contributed by atoms with Crippen molar-refractivity contribution in [2.24, 2.45) is 5.92 Å². The van der Waals surface area contributed by atoms with Crippen LogP contribution in [0.5, 0.6) is 0 Å². The molecule has 0 bridgehead atoms. The van der Waals surface area contributed by atoms with Gasteiger partial charge in [0.15, 0.2) is 0 Å². The van der Waals surface area contributed by atoms with Gasteiger partial charge < -0.3 is 10.0 Å². The number of rotatable bonds is 11. The van der Waals surface area contributed by atoms with Gasteiger partial charge in [0.2, 0.25) is 0 Å². The lowest BCUT2D eigenvalue weighted by Gasteiger charge is -2.28. The second-order valence-electron chi connectivity index (χ2n) is 6.08. The first-order valence-electron chi connectivity index (χ1n) is 8.65. The van der Waals surface area contributed by atoms with Crippen LogP contribution in [-0.2, 0) is 11.2 Å². The average Bonchev–Trinajstić information content (AvgIpc) is 2.53. The molecule has 0 saturated carbocycles. The number of aryl methyl sites for hydroxylation is 1. The van der Waals surface area contributed by atoms with Crippen LogP contribution in [0.1, 0.15) is 58.4 Å². The summed E-state index contributed by atoms with van der Waals surface area (Å²) in [7, 11) is 0. The monoisotopic (exact) mass is 305 g/mol. The van der Waals surface area contributed by atoms with Crippen LogP contribution in [0.4, 0.5) is 5.69 Å². The molecular formula is C19H31NO2. The summed E-state index contributed by atoms with van der Waals surface area (Å²) < 4.78 is 0. The number of nitrogens with zero attached hydrogens (tertiary/aromatic N) is 1. The molecule has 1 atom stereocenters. The highest BCUT2D eigenvalue weighted by Crippen LogP contribution is 2.23. The third-order valence-electron chi connectivity index (χ3n) is 4.16. The Bertz CT molecular complexity index is 445. The van der Waals surface area contributed by atoms with Gasteiger partial charge in [0.05, 0.1) is 5.92 Å². The lowest BCUT2D eigenvalue weighted by Crippen LogP contribution is -2.33. The molecule has 0 aromatic heterocycles. The Balaban J connectivity index is 2.74. The maximum atomic E-state index is 11.2. The van der Waals surface area contributed by atoms with Crippen molar-refractivity contribution in [1.82, 2.24) is 0 Å². The number of carbonyl (C=O) groups is 1. The zero-order chi connectivity index (χ0) is 16.4. The van der Waals surface area contributed by atoms with E-state index in [9.17, 15) is 9.90 Å². The molecule has 0 fully saturated rings. The highest BCUT2D eigenvalue weighted by atomic mass is 16.4. The number of carboxylic acid groups (broad SMARTS) is 1. The number of benzene rings is 1. The van der Waals surface area contributed by atoms with Crippen LogP contribution in [0.3, 0.4) is 0 Å². The first-order chi connectivity index (χ1) is 10.6. The van der Waals surface area contributed by atoms with Crippen LogP contribution in [0, 0.1) is 5.92 Å². The zero-order valence-corrected chi connectivity index (χ0v) is 14.3. The summed E-state index contributed by atoms with van der Waals surface area (Å²) in [6.45, 7) is 7.69. The van der Waals surface area contributed by atoms with Gasteiger partial charge in [0.1, 0.15) is 0 Å². The van der Waals surface area contributed by atoms with E-state index in [0.29, 0.717) is 6.54 Å². The van der Waals surface area contributed by atoms with Crippen molar-refractivity contribution in [1.29, 1.82) is 0 Å². The zero-order valence-electron chi connectivity index (χ0n) is 14.3. The van der Waals surface area contributed by atoms with Gasteiger partial charge in [-0.1, -0.05) is 64.7 Å². The van der Waals surface area contributed by atoms with Crippen molar-refractivity contribution < 1.29 is 9.90 Å². The first kappa shape index (κ1) is 18.5. The van der Waals surface area contributed by atoms with Crippen LogP contribution in [0.2, 0.25) is 0 Å². The molecule has 3 nitrogen and oxygen atoms in total. The number of carboxylic acids is 1. The molecule has 1 aromatic rings. The molecule has 0 aliphatic heterocycles. The quantitative estimate of drug-likeness (QED) is 0.600. The second kappa shape index (κ2) is 10.3. The van der Waals surface area contributed by atoms with Gasteiger partial charge in [0, 0.05) is 18.8 Å². The smallest absolute Gasteiger partial charge is 0.308 e. The maximum absolute atomic E-state index is 11.2. The van der Waals surface area contributed by atoms with Crippen LogP contribution >= 0.6 is 0 Å². The Morgan fingerprint density at radius 3 is 2.45 bits per heavy atom. The van der Waals surface area contributed by atoms with Crippen molar-refractivity contribution in [2.75, 3.05) is 18.0 Å². The minimum Gasteiger partial charge on any atom is -0.481 e. The molecule has 1 N–H and O–H groups in total. The number of anilines is 1. The summed E-state index contributed by atoms with van der Waals surface area (Å²) in [5.74, 6) is -1.06. The van der Waals surface area contributed by atoms with E-state index in [0.717, 1.165) is 19.4 Å². The molecule has 0 amide bonds. The fourth-order valence-corrected chi connectivity index (χ4v) is 2.74. The van der Waals surface area contributed by atoms with Crippen LogP contribution < -0.4 is 4.90 Å². The minimum absolute atomic E-state index is 0.347. The molecule has 1 aromatic carbocycles. The normalized spacial score (nSPS) is 12.1. The summed E-state index contributed by atoms with van der Waals surface area (Å²) in [5.41, 5.74) is 2.50. The van der Waals surface area contributed by atoms with Crippen LogP contribution in [0.15, 0.2) is 24.3 Å². The van der Waals surface area contributed by atoms with E-state index in [1.165, 1.54) is 36.9 Å².